The smallest absolute Gasteiger partial charge is 0.274 e. The molecular weight excluding hydrogens is 382 g/mol. The van der Waals surface area contributed by atoms with Crippen molar-refractivity contribution in [1.29, 1.82) is 0 Å². The molecule has 2 amide bonds. The molecule has 0 fully saturated rings. The van der Waals surface area contributed by atoms with Crippen LogP contribution in [-0.4, -0.2) is 55.0 Å². The number of carbonyl (C=O) groups excluding carboxylic acids is 2. The maximum absolute atomic E-state index is 12.5. The van der Waals surface area contributed by atoms with Gasteiger partial charge in [0, 0.05) is 28.2 Å². The molecule has 9 heteroatoms. The second-order valence-corrected chi connectivity index (χ2v) is 6.92. The van der Waals surface area contributed by atoms with Crippen molar-refractivity contribution in [3.63, 3.8) is 0 Å². The zero-order chi connectivity index (χ0) is 21.7. The van der Waals surface area contributed by atoms with E-state index >= 15 is 0 Å². The van der Waals surface area contributed by atoms with E-state index in [1.165, 1.54) is 0 Å². The summed E-state index contributed by atoms with van der Waals surface area (Å²) in [5, 5.41) is 5.46. The molecule has 0 saturated carbocycles. The maximum atomic E-state index is 12.5. The van der Waals surface area contributed by atoms with Gasteiger partial charge in [-0.05, 0) is 36.4 Å². The van der Waals surface area contributed by atoms with E-state index in [0.29, 0.717) is 11.4 Å². The van der Waals surface area contributed by atoms with Crippen LogP contribution < -0.4 is 20.4 Å². The van der Waals surface area contributed by atoms with Crippen LogP contribution in [-0.2, 0) is 0 Å². The van der Waals surface area contributed by atoms with Gasteiger partial charge in [-0.2, -0.15) is 0 Å². The van der Waals surface area contributed by atoms with E-state index in [1.54, 1.807) is 54.9 Å². The van der Waals surface area contributed by atoms with Crippen LogP contribution in [0.5, 0.6) is 0 Å². The SMILES string of the molecule is CN(C)c1ccc(NC(=O)c2cccc(C(=O)Nc3ccc(N(C)C)nc3)n2)cn1. The lowest BCUT2D eigenvalue weighted by Gasteiger charge is -2.12. The van der Waals surface area contributed by atoms with Crippen molar-refractivity contribution < 1.29 is 9.59 Å². The number of aromatic nitrogens is 3. The Hall–Kier alpha value is -4.01. The number of carbonyl (C=O) groups is 2. The van der Waals surface area contributed by atoms with Crippen molar-refractivity contribution in [2.75, 3.05) is 48.6 Å². The van der Waals surface area contributed by atoms with Gasteiger partial charge in [-0.25, -0.2) is 15.0 Å². The lowest BCUT2D eigenvalue weighted by atomic mass is 10.2. The monoisotopic (exact) mass is 405 g/mol. The van der Waals surface area contributed by atoms with E-state index in [-0.39, 0.29) is 11.4 Å². The number of nitrogens with zero attached hydrogens (tertiary/aromatic N) is 5. The predicted molar refractivity (Wildman–Crippen MR) is 117 cm³/mol. The molecular formula is C21H23N7O2. The Morgan fingerprint density at radius 2 is 1.13 bits per heavy atom. The highest BCUT2D eigenvalue weighted by Crippen LogP contribution is 2.14. The molecule has 0 atom stereocenters. The topological polar surface area (TPSA) is 103 Å². The summed E-state index contributed by atoms with van der Waals surface area (Å²) in [5.41, 5.74) is 1.32. The molecule has 154 valence electrons. The molecule has 0 aliphatic carbocycles. The molecule has 30 heavy (non-hydrogen) atoms. The molecule has 3 rings (SSSR count). The second-order valence-electron chi connectivity index (χ2n) is 6.92. The summed E-state index contributed by atoms with van der Waals surface area (Å²) in [6.07, 6.45) is 3.13. The lowest BCUT2D eigenvalue weighted by molar-refractivity contribution is 0.101. The molecule has 0 radical (unpaired) electrons. The molecule has 0 aromatic carbocycles. The zero-order valence-corrected chi connectivity index (χ0v) is 17.2. The molecule has 3 aromatic heterocycles. The van der Waals surface area contributed by atoms with Gasteiger partial charge in [0.1, 0.15) is 23.0 Å². The van der Waals surface area contributed by atoms with Crippen molar-refractivity contribution in [3.8, 4) is 0 Å². The largest absolute Gasteiger partial charge is 0.363 e. The molecule has 0 spiro atoms. The average Bonchev–Trinajstić information content (AvgIpc) is 2.74. The van der Waals surface area contributed by atoms with Gasteiger partial charge in [0.25, 0.3) is 11.8 Å². The minimum Gasteiger partial charge on any atom is -0.363 e. The Morgan fingerprint density at radius 3 is 1.47 bits per heavy atom. The van der Waals surface area contributed by atoms with Gasteiger partial charge < -0.3 is 20.4 Å². The minimum atomic E-state index is -0.430. The Labute approximate surface area is 174 Å². The van der Waals surface area contributed by atoms with Crippen molar-refractivity contribution in [3.05, 3.63) is 66.2 Å². The summed E-state index contributed by atoms with van der Waals surface area (Å²) < 4.78 is 0. The number of rotatable bonds is 6. The highest BCUT2D eigenvalue weighted by atomic mass is 16.2. The fraction of sp³-hybridized carbons (Fsp3) is 0.190. The quantitative estimate of drug-likeness (QED) is 0.649. The Morgan fingerprint density at radius 1 is 0.700 bits per heavy atom. The van der Waals surface area contributed by atoms with Gasteiger partial charge in [-0.15, -0.1) is 0 Å². The molecule has 0 saturated heterocycles. The summed E-state index contributed by atoms with van der Waals surface area (Å²) in [4.78, 5) is 41.4. The highest BCUT2D eigenvalue weighted by molar-refractivity contribution is 6.06. The van der Waals surface area contributed by atoms with Crippen molar-refractivity contribution in [2.45, 2.75) is 0 Å². The fourth-order valence-corrected chi connectivity index (χ4v) is 2.53. The van der Waals surface area contributed by atoms with Crippen molar-refractivity contribution in [2.24, 2.45) is 0 Å². The summed E-state index contributed by atoms with van der Waals surface area (Å²) in [6, 6.07) is 11.8. The normalized spacial score (nSPS) is 10.3. The number of nitrogens with one attached hydrogen (secondary N) is 2. The summed E-state index contributed by atoms with van der Waals surface area (Å²) in [5.74, 6) is 0.693. The van der Waals surface area contributed by atoms with Crippen molar-refractivity contribution >= 4 is 34.8 Å². The van der Waals surface area contributed by atoms with Gasteiger partial charge in [0.05, 0.1) is 23.8 Å². The minimum absolute atomic E-state index is 0.125. The molecule has 3 aromatic rings. The van der Waals surface area contributed by atoms with E-state index < -0.39 is 11.8 Å². The van der Waals surface area contributed by atoms with E-state index in [2.05, 4.69) is 25.6 Å². The van der Waals surface area contributed by atoms with Crippen LogP contribution in [0.3, 0.4) is 0 Å². The maximum Gasteiger partial charge on any atom is 0.274 e. The van der Waals surface area contributed by atoms with Gasteiger partial charge in [0.15, 0.2) is 0 Å². The standard InChI is InChI=1S/C21H23N7O2/c1-27(2)18-10-8-14(12-22-18)24-20(29)16-6-5-7-17(26-16)21(30)25-15-9-11-19(23-13-15)28(3)4/h5-13H,1-4H3,(H,24,29)(H,25,30). The Kier molecular flexibility index (Phi) is 6.21. The molecule has 3 heterocycles. The van der Waals surface area contributed by atoms with Gasteiger partial charge in [-0.1, -0.05) is 6.07 Å². The molecule has 9 nitrogen and oxygen atoms in total. The molecule has 0 aliphatic rings. The molecule has 0 bridgehead atoms. The molecule has 0 aliphatic heterocycles. The van der Waals surface area contributed by atoms with Gasteiger partial charge >= 0.3 is 0 Å². The fourth-order valence-electron chi connectivity index (χ4n) is 2.53. The third-order valence-electron chi connectivity index (χ3n) is 4.14. The Bertz CT molecular complexity index is 951. The van der Waals surface area contributed by atoms with E-state index in [9.17, 15) is 9.59 Å². The first kappa shape index (κ1) is 20.7. The summed E-state index contributed by atoms with van der Waals surface area (Å²) in [6.45, 7) is 0. The van der Waals surface area contributed by atoms with Crippen molar-refractivity contribution in [1.82, 2.24) is 15.0 Å². The lowest BCUT2D eigenvalue weighted by Crippen LogP contribution is -2.19. The van der Waals surface area contributed by atoms with Crippen LogP contribution in [0.1, 0.15) is 21.0 Å². The zero-order valence-electron chi connectivity index (χ0n) is 17.2. The van der Waals surface area contributed by atoms with Crippen LogP contribution >= 0.6 is 0 Å². The number of hydrogen-bond acceptors (Lipinski definition) is 7. The first-order valence-electron chi connectivity index (χ1n) is 9.20. The van der Waals surface area contributed by atoms with Crippen LogP contribution in [0, 0.1) is 0 Å². The predicted octanol–water partition coefficient (Wildman–Crippen LogP) is 2.51. The van der Waals surface area contributed by atoms with E-state index in [1.807, 2.05) is 38.0 Å². The van der Waals surface area contributed by atoms with Crippen LogP contribution in [0.4, 0.5) is 23.0 Å². The van der Waals surface area contributed by atoms with Crippen LogP contribution in [0.15, 0.2) is 54.9 Å². The first-order valence-corrected chi connectivity index (χ1v) is 9.20. The Balaban J connectivity index is 1.68. The summed E-state index contributed by atoms with van der Waals surface area (Å²) in [7, 11) is 7.53. The van der Waals surface area contributed by atoms with Crippen LogP contribution in [0.2, 0.25) is 0 Å². The highest BCUT2D eigenvalue weighted by Gasteiger charge is 2.13. The van der Waals surface area contributed by atoms with E-state index in [4.69, 9.17) is 0 Å². The van der Waals surface area contributed by atoms with Gasteiger partial charge in [0.2, 0.25) is 0 Å². The van der Waals surface area contributed by atoms with Gasteiger partial charge in [-0.3, -0.25) is 9.59 Å². The average molecular weight is 405 g/mol. The van der Waals surface area contributed by atoms with E-state index in [0.717, 1.165) is 11.6 Å². The number of anilines is 4. The summed E-state index contributed by atoms with van der Waals surface area (Å²) >= 11 is 0. The molecule has 2 N–H and O–H groups in total. The third-order valence-corrected chi connectivity index (χ3v) is 4.14. The second kappa shape index (κ2) is 8.99. The molecule has 0 unspecified atom stereocenters. The first-order chi connectivity index (χ1) is 14.3. The number of pyridine rings is 3. The van der Waals surface area contributed by atoms with Crippen LogP contribution in [0.25, 0.3) is 0 Å². The number of hydrogen-bond donors (Lipinski definition) is 2. The third kappa shape index (κ3) is 5.07. The number of amides is 2.